The van der Waals surface area contributed by atoms with Gasteiger partial charge < -0.3 is 29.9 Å². The van der Waals surface area contributed by atoms with E-state index in [1.807, 2.05) is 24.1 Å². The van der Waals surface area contributed by atoms with Crippen LogP contribution in [0, 0.1) is 0 Å². The maximum Gasteiger partial charge on any atom is 0.230 e. The number of aromatic nitrogens is 4. The number of ether oxygens (including phenoxy) is 1. The summed E-state index contributed by atoms with van der Waals surface area (Å²) in [5.41, 5.74) is 3.00. The average molecular weight is 504 g/mol. The predicted octanol–water partition coefficient (Wildman–Crippen LogP) is 3.00. The van der Waals surface area contributed by atoms with Gasteiger partial charge in [0.25, 0.3) is 0 Å². The van der Waals surface area contributed by atoms with E-state index in [4.69, 9.17) is 9.72 Å². The zero-order valence-electron chi connectivity index (χ0n) is 21.3. The minimum Gasteiger partial charge on any atom is -0.378 e. The monoisotopic (exact) mass is 503 g/mol. The minimum absolute atomic E-state index is 0.128. The topological polar surface area (TPSA) is 117 Å². The zero-order valence-corrected chi connectivity index (χ0v) is 21.3. The van der Waals surface area contributed by atoms with Crippen LogP contribution in [0.5, 0.6) is 0 Å². The molecule has 10 nitrogen and oxygen atoms in total. The second-order valence-electron chi connectivity index (χ2n) is 10.2. The summed E-state index contributed by atoms with van der Waals surface area (Å²) in [6, 6.07) is 4.49. The molecule has 3 aromatic rings. The number of aliphatic hydroxyl groups is 1. The van der Waals surface area contributed by atoms with Gasteiger partial charge in [-0.25, -0.2) is 9.97 Å². The van der Waals surface area contributed by atoms with Crippen molar-refractivity contribution in [3.05, 3.63) is 41.9 Å². The fraction of sp³-hybridized carbons (Fsp3) is 0.481. The fourth-order valence-electron chi connectivity index (χ4n) is 5.89. The lowest BCUT2D eigenvalue weighted by Gasteiger charge is -2.40. The Morgan fingerprint density at radius 2 is 2.11 bits per heavy atom. The largest absolute Gasteiger partial charge is 0.378 e. The van der Waals surface area contributed by atoms with Crippen LogP contribution >= 0.6 is 0 Å². The maximum absolute atomic E-state index is 12.4. The van der Waals surface area contributed by atoms with Crippen LogP contribution in [-0.4, -0.2) is 68.5 Å². The van der Waals surface area contributed by atoms with Gasteiger partial charge in [-0.2, -0.15) is 4.98 Å². The molecule has 37 heavy (non-hydrogen) atoms. The third-order valence-electron chi connectivity index (χ3n) is 7.75. The van der Waals surface area contributed by atoms with Crippen LogP contribution in [0.25, 0.3) is 16.5 Å². The number of morpholine rings is 1. The van der Waals surface area contributed by atoms with Gasteiger partial charge in [-0.15, -0.1) is 0 Å². The van der Waals surface area contributed by atoms with Crippen molar-refractivity contribution in [1.29, 1.82) is 0 Å². The second-order valence-corrected chi connectivity index (χ2v) is 10.2. The van der Waals surface area contributed by atoms with E-state index >= 15 is 0 Å². The van der Waals surface area contributed by atoms with E-state index in [0.29, 0.717) is 29.8 Å². The van der Waals surface area contributed by atoms with Crippen molar-refractivity contribution in [1.82, 2.24) is 24.8 Å². The van der Waals surface area contributed by atoms with Gasteiger partial charge in [0.1, 0.15) is 11.6 Å². The van der Waals surface area contributed by atoms with Crippen LogP contribution in [-0.2, 0) is 16.1 Å². The van der Waals surface area contributed by atoms with Crippen molar-refractivity contribution in [2.75, 3.05) is 30.0 Å². The third-order valence-corrected chi connectivity index (χ3v) is 7.75. The molecule has 0 aromatic carbocycles. The molecule has 1 saturated heterocycles. The Labute approximate surface area is 215 Å². The molecule has 194 valence electrons. The van der Waals surface area contributed by atoms with Crippen molar-refractivity contribution < 1.29 is 14.6 Å². The first kappa shape index (κ1) is 24.0. The van der Waals surface area contributed by atoms with E-state index in [0.717, 1.165) is 67.4 Å². The fourth-order valence-corrected chi connectivity index (χ4v) is 5.89. The number of aliphatic hydroxyl groups excluding tert-OH is 1. The Morgan fingerprint density at radius 1 is 1.27 bits per heavy atom. The summed E-state index contributed by atoms with van der Waals surface area (Å²) in [7, 11) is 0. The SMILES string of the molecule is CC(=O)C1=C(C)c2cnc(Nc3cc4ccn(CC5COCCN5)c4cn3)nc2N(C2CCCC2)C1O. The summed E-state index contributed by atoms with van der Waals surface area (Å²) >= 11 is 0. The number of Topliss-reactive ketones (excluding diaryl/α,β-unsaturated/α-hetero) is 1. The third kappa shape index (κ3) is 4.49. The molecule has 1 aliphatic carbocycles. The normalized spacial score (nSPS) is 22.5. The summed E-state index contributed by atoms with van der Waals surface area (Å²) in [5.74, 6) is 1.58. The first-order valence-electron chi connectivity index (χ1n) is 13.1. The lowest BCUT2D eigenvalue weighted by molar-refractivity contribution is -0.114. The quantitative estimate of drug-likeness (QED) is 0.467. The van der Waals surface area contributed by atoms with Gasteiger partial charge in [0, 0.05) is 54.1 Å². The van der Waals surface area contributed by atoms with Crippen LogP contribution in [0.4, 0.5) is 17.6 Å². The number of fused-ring (bicyclic) bond motifs is 2. The Morgan fingerprint density at radius 3 is 2.86 bits per heavy atom. The molecule has 2 fully saturated rings. The van der Waals surface area contributed by atoms with Crippen molar-refractivity contribution in [3.8, 4) is 0 Å². The molecule has 5 heterocycles. The molecule has 3 aromatic heterocycles. The van der Waals surface area contributed by atoms with Gasteiger partial charge in [-0.05, 0) is 44.4 Å². The number of pyridine rings is 1. The highest BCUT2D eigenvalue weighted by Gasteiger charge is 2.38. The Balaban J connectivity index is 1.28. The average Bonchev–Trinajstić information content (AvgIpc) is 3.55. The van der Waals surface area contributed by atoms with E-state index in [9.17, 15) is 9.90 Å². The van der Waals surface area contributed by atoms with Crippen molar-refractivity contribution in [2.24, 2.45) is 0 Å². The number of carbonyl (C=O) groups is 1. The molecule has 3 aliphatic rings. The molecule has 1 saturated carbocycles. The van der Waals surface area contributed by atoms with Crippen LogP contribution in [0.2, 0.25) is 0 Å². The number of allylic oxidation sites excluding steroid dienone is 1. The number of rotatable bonds is 6. The molecular formula is C27H33N7O3. The van der Waals surface area contributed by atoms with Crippen LogP contribution in [0.15, 0.2) is 36.3 Å². The number of nitrogens with zero attached hydrogens (tertiary/aromatic N) is 5. The number of nitrogens with one attached hydrogen (secondary N) is 2. The standard InChI is InChI=1S/C27H33N7O3/c1-16-21-12-30-27(32-25(21)34(20-5-3-4-6-20)26(36)24(16)17(2)35)31-23-11-18-7-9-33(22(18)13-29-23)14-19-15-37-10-8-28-19/h7,9,11-13,19-20,26,28,36H,3-6,8,10,14-15H2,1-2H3,(H,29,30,31,32). The molecular weight excluding hydrogens is 470 g/mol. The summed E-state index contributed by atoms with van der Waals surface area (Å²) in [6.07, 6.45) is 8.80. The number of anilines is 3. The lowest BCUT2D eigenvalue weighted by atomic mass is 9.93. The summed E-state index contributed by atoms with van der Waals surface area (Å²) in [6.45, 7) is 6.52. The molecule has 0 spiro atoms. The smallest absolute Gasteiger partial charge is 0.230 e. The van der Waals surface area contributed by atoms with Crippen molar-refractivity contribution in [2.45, 2.75) is 64.4 Å². The van der Waals surface area contributed by atoms with Crippen LogP contribution in [0.1, 0.15) is 45.1 Å². The van der Waals surface area contributed by atoms with Crippen LogP contribution in [0.3, 0.4) is 0 Å². The summed E-state index contributed by atoms with van der Waals surface area (Å²) in [5, 5.41) is 19.0. The first-order chi connectivity index (χ1) is 18.0. The summed E-state index contributed by atoms with van der Waals surface area (Å²) < 4.78 is 7.78. The highest BCUT2D eigenvalue weighted by molar-refractivity contribution is 6.04. The van der Waals surface area contributed by atoms with Gasteiger partial charge in [0.05, 0.1) is 24.9 Å². The summed E-state index contributed by atoms with van der Waals surface area (Å²) in [4.78, 5) is 28.3. The predicted molar refractivity (Wildman–Crippen MR) is 142 cm³/mol. The minimum atomic E-state index is -1.01. The molecule has 6 rings (SSSR count). The van der Waals surface area contributed by atoms with Crippen LogP contribution < -0.4 is 15.5 Å². The number of ketones is 1. The first-order valence-corrected chi connectivity index (χ1v) is 13.1. The number of hydrogen-bond donors (Lipinski definition) is 3. The molecule has 3 N–H and O–H groups in total. The molecule has 0 radical (unpaired) electrons. The molecule has 2 aliphatic heterocycles. The molecule has 2 unspecified atom stereocenters. The molecule has 0 bridgehead atoms. The van der Waals surface area contributed by atoms with E-state index in [2.05, 4.69) is 37.4 Å². The van der Waals surface area contributed by atoms with E-state index in [1.54, 1.807) is 6.20 Å². The van der Waals surface area contributed by atoms with Gasteiger partial charge >= 0.3 is 0 Å². The molecule has 10 heteroatoms. The van der Waals surface area contributed by atoms with Gasteiger partial charge in [0.2, 0.25) is 5.95 Å². The maximum atomic E-state index is 12.4. The van der Waals surface area contributed by atoms with Gasteiger partial charge in [0.15, 0.2) is 12.0 Å². The van der Waals surface area contributed by atoms with E-state index < -0.39 is 6.23 Å². The number of carbonyl (C=O) groups excluding carboxylic acids is 1. The Hall–Kier alpha value is -3.34. The Bertz CT molecular complexity index is 1360. The lowest BCUT2D eigenvalue weighted by Crippen LogP contribution is -2.47. The second kappa shape index (κ2) is 9.85. The molecule has 0 amide bonds. The van der Waals surface area contributed by atoms with E-state index in [1.165, 1.54) is 6.92 Å². The van der Waals surface area contributed by atoms with E-state index in [-0.39, 0.29) is 17.9 Å². The zero-order chi connectivity index (χ0) is 25.5. The van der Waals surface area contributed by atoms with Crippen molar-refractivity contribution >= 4 is 39.8 Å². The highest BCUT2D eigenvalue weighted by atomic mass is 16.5. The molecule has 2 atom stereocenters. The van der Waals surface area contributed by atoms with Crippen molar-refractivity contribution in [3.63, 3.8) is 0 Å². The van der Waals surface area contributed by atoms with Gasteiger partial charge in [-0.3, -0.25) is 4.79 Å². The highest BCUT2D eigenvalue weighted by Crippen LogP contribution is 2.41. The Kier molecular flexibility index (Phi) is 6.39. The number of hydrogen-bond acceptors (Lipinski definition) is 9. The van der Waals surface area contributed by atoms with Gasteiger partial charge in [-0.1, -0.05) is 12.8 Å².